The SMILES string of the molecule is COC(=O)[C@H](C)NC(=O)C1(N)C2CCCOC2C1(C)C. The van der Waals surface area contributed by atoms with Gasteiger partial charge in [-0.05, 0) is 19.8 Å². The molecule has 6 nitrogen and oxygen atoms in total. The Hall–Kier alpha value is -1.14. The lowest BCUT2D eigenvalue weighted by molar-refractivity contribution is -0.225. The number of methoxy groups -OCH3 is 1. The molecule has 1 aliphatic carbocycles. The highest BCUT2D eigenvalue weighted by Crippen LogP contribution is 2.57. The van der Waals surface area contributed by atoms with Gasteiger partial charge in [-0.25, -0.2) is 4.79 Å². The number of amides is 1. The van der Waals surface area contributed by atoms with Gasteiger partial charge in [-0.3, -0.25) is 4.79 Å². The summed E-state index contributed by atoms with van der Waals surface area (Å²) in [7, 11) is 1.29. The second-order valence-electron chi connectivity index (χ2n) is 6.35. The number of nitrogens with two attached hydrogens (primary N) is 1. The molecule has 2 fully saturated rings. The molecule has 1 saturated heterocycles. The summed E-state index contributed by atoms with van der Waals surface area (Å²) in [5.74, 6) is -0.765. The summed E-state index contributed by atoms with van der Waals surface area (Å²) in [5.41, 5.74) is 4.98. The lowest BCUT2D eigenvalue weighted by atomic mass is 9.46. The first-order valence-electron chi connectivity index (χ1n) is 7.06. The van der Waals surface area contributed by atoms with E-state index in [0.717, 1.165) is 19.4 Å². The number of fused-ring (bicyclic) bond motifs is 1. The number of esters is 1. The maximum atomic E-state index is 12.5. The Balaban J connectivity index is 2.13. The molecule has 2 aliphatic rings. The fourth-order valence-electron chi connectivity index (χ4n) is 3.59. The Morgan fingerprint density at radius 2 is 2.10 bits per heavy atom. The molecule has 0 aromatic rings. The quantitative estimate of drug-likeness (QED) is 0.722. The lowest BCUT2D eigenvalue weighted by Crippen LogP contribution is -2.82. The predicted octanol–water partition coefficient (Wildman–Crippen LogP) is 0.197. The van der Waals surface area contributed by atoms with Crippen LogP contribution in [-0.4, -0.2) is 43.3 Å². The first kappa shape index (κ1) is 15.3. The summed E-state index contributed by atoms with van der Waals surface area (Å²) in [5, 5.41) is 2.67. The fourth-order valence-corrected chi connectivity index (χ4v) is 3.59. The van der Waals surface area contributed by atoms with Crippen molar-refractivity contribution < 1.29 is 19.1 Å². The van der Waals surface area contributed by atoms with Crippen LogP contribution >= 0.6 is 0 Å². The molecule has 1 aliphatic heterocycles. The Morgan fingerprint density at radius 1 is 1.45 bits per heavy atom. The largest absolute Gasteiger partial charge is 0.467 e. The van der Waals surface area contributed by atoms with Gasteiger partial charge in [0.2, 0.25) is 5.91 Å². The normalized spacial score (nSPS) is 36.2. The van der Waals surface area contributed by atoms with E-state index in [1.165, 1.54) is 7.11 Å². The van der Waals surface area contributed by atoms with Gasteiger partial charge >= 0.3 is 5.97 Å². The van der Waals surface area contributed by atoms with Crippen LogP contribution in [0, 0.1) is 11.3 Å². The van der Waals surface area contributed by atoms with E-state index in [0.29, 0.717) is 0 Å². The van der Waals surface area contributed by atoms with Crippen LogP contribution in [-0.2, 0) is 19.1 Å². The zero-order chi connectivity index (χ0) is 15.1. The molecule has 1 heterocycles. The van der Waals surface area contributed by atoms with E-state index in [1.54, 1.807) is 6.92 Å². The van der Waals surface area contributed by atoms with Gasteiger partial charge < -0.3 is 20.5 Å². The van der Waals surface area contributed by atoms with E-state index < -0.39 is 23.0 Å². The number of carbonyl (C=O) groups excluding carboxylic acids is 2. The van der Waals surface area contributed by atoms with Crippen molar-refractivity contribution in [3.63, 3.8) is 0 Å². The van der Waals surface area contributed by atoms with Gasteiger partial charge in [-0.1, -0.05) is 13.8 Å². The molecule has 2 rings (SSSR count). The fraction of sp³-hybridized carbons (Fsp3) is 0.857. The summed E-state index contributed by atoms with van der Waals surface area (Å²) in [6.45, 7) is 6.21. The smallest absolute Gasteiger partial charge is 0.328 e. The molecule has 114 valence electrons. The van der Waals surface area contributed by atoms with Gasteiger partial charge in [-0.2, -0.15) is 0 Å². The maximum Gasteiger partial charge on any atom is 0.328 e. The second-order valence-corrected chi connectivity index (χ2v) is 6.35. The van der Waals surface area contributed by atoms with Gasteiger partial charge in [0.25, 0.3) is 0 Å². The number of hydrogen-bond acceptors (Lipinski definition) is 5. The highest BCUT2D eigenvalue weighted by Gasteiger charge is 2.70. The summed E-state index contributed by atoms with van der Waals surface area (Å²) in [4.78, 5) is 24.0. The molecule has 0 aromatic heterocycles. The number of ether oxygens (including phenoxy) is 2. The molecular formula is C14H24N2O4. The molecule has 1 saturated carbocycles. The standard InChI is InChI=1S/C14H24N2O4/c1-8(11(17)19-4)16-12(18)14(15)9-6-5-7-20-10(9)13(14,2)3/h8-10H,5-7,15H2,1-4H3,(H,16,18)/t8-,9?,10?,14?/m0/s1. The minimum Gasteiger partial charge on any atom is -0.467 e. The minimum absolute atomic E-state index is 0.0103. The highest BCUT2D eigenvalue weighted by atomic mass is 16.5. The molecule has 3 unspecified atom stereocenters. The number of carbonyl (C=O) groups is 2. The monoisotopic (exact) mass is 284 g/mol. The molecule has 3 N–H and O–H groups in total. The van der Waals surface area contributed by atoms with Crippen LogP contribution in [0.2, 0.25) is 0 Å². The summed E-state index contributed by atoms with van der Waals surface area (Å²) in [6, 6.07) is -0.702. The van der Waals surface area contributed by atoms with Gasteiger partial charge in [0, 0.05) is 17.9 Å². The van der Waals surface area contributed by atoms with Gasteiger partial charge in [0.05, 0.1) is 13.2 Å². The van der Waals surface area contributed by atoms with E-state index in [9.17, 15) is 9.59 Å². The van der Waals surface area contributed by atoms with E-state index in [2.05, 4.69) is 10.1 Å². The zero-order valence-corrected chi connectivity index (χ0v) is 12.6. The van der Waals surface area contributed by atoms with Crippen LogP contribution in [0.1, 0.15) is 33.6 Å². The van der Waals surface area contributed by atoms with Gasteiger partial charge in [0.15, 0.2) is 0 Å². The van der Waals surface area contributed by atoms with Crippen molar-refractivity contribution >= 4 is 11.9 Å². The van der Waals surface area contributed by atoms with Crippen molar-refractivity contribution in [3.8, 4) is 0 Å². The van der Waals surface area contributed by atoms with Crippen LogP contribution in [0.5, 0.6) is 0 Å². The second kappa shape index (κ2) is 5.00. The zero-order valence-electron chi connectivity index (χ0n) is 12.6. The Bertz CT molecular complexity index is 423. The molecule has 0 bridgehead atoms. The lowest BCUT2D eigenvalue weighted by Gasteiger charge is -2.65. The van der Waals surface area contributed by atoms with E-state index in [1.807, 2.05) is 13.8 Å². The maximum absolute atomic E-state index is 12.5. The summed E-state index contributed by atoms with van der Waals surface area (Å²) >= 11 is 0. The molecule has 0 radical (unpaired) electrons. The van der Waals surface area contributed by atoms with Crippen molar-refractivity contribution in [1.82, 2.24) is 5.32 Å². The first-order chi connectivity index (χ1) is 9.26. The number of hydrogen-bond donors (Lipinski definition) is 2. The average molecular weight is 284 g/mol. The molecule has 4 atom stereocenters. The minimum atomic E-state index is -1.000. The van der Waals surface area contributed by atoms with Crippen LogP contribution < -0.4 is 11.1 Å². The highest BCUT2D eigenvalue weighted by molar-refractivity contribution is 5.92. The van der Waals surface area contributed by atoms with Crippen molar-refractivity contribution in [1.29, 1.82) is 0 Å². The Morgan fingerprint density at radius 3 is 2.70 bits per heavy atom. The molecule has 0 spiro atoms. The average Bonchev–Trinajstić information content (AvgIpc) is 2.45. The van der Waals surface area contributed by atoms with Crippen LogP contribution in [0.3, 0.4) is 0 Å². The van der Waals surface area contributed by atoms with Crippen molar-refractivity contribution in [2.45, 2.75) is 51.3 Å². The van der Waals surface area contributed by atoms with Crippen molar-refractivity contribution in [3.05, 3.63) is 0 Å². The van der Waals surface area contributed by atoms with E-state index in [4.69, 9.17) is 10.5 Å². The topological polar surface area (TPSA) is 90.7 Å². The van der Waals surface area contributed by atoms with Crippen molar-refractivity contribution in [2.75, 3.05) is 13.7 Å². The van der Waals surface area contributed by atoms with Crippen molar-refractivity contribution in [2.24, 2.45) is 17.1 Å². The molecular weight excluding hydrogens is 260 g/mol. The third kappa shape index (κ3) is 1.93. The first-order valence-corrected chi connectivity index (χ1v) is 7.06. The Labute approximate surface area is 119 Å². The predicted molar refractivity (Wildman–Crippen MR) is 72.8 cm³/mol. The molecule has 20 heavy (non-hydrogen) atoms. The molecule has 0 aromatic carbocycles. The summed E-state index contributed by atoms with van der Waals surface area (Å²) < 4.78 is 10.4. The summed E-state index contributed by atoms with van der Waals surface area (Å²) in [6.07, 6.45) is 1.81. The molecule has 6 heteroatoms. The van der Waals surface area contributed by atoms with E-state index >= 15 is 0 Å². The third-order valence-corrected chi connectivity index (χ3v) is 4.96. The Kier molecular flexibility index (Phi) is 3.81. The third-order valence-electron chi connectivity index (χ3n) is 4.96. The number of rotatable bonds is 3. The van der Waals surface area contributed by atoms with Gasteiger partial charge in [-0.15, -0.1) is 0 Å². The van der Waals surface area contributed by atoms with Crippen LogP contribution in [0.25, 0.3) is 0 Å². The molecule has 1 amide bonds. The number of nitrogens with one attached hydrogen (secondary N) is 1. The van der Waals surface area contributed by atoms with Gasteiger partial charge in [0.1, 0.15) is 11.6 Å². The van der Waals surface area contributed by atoms with Crippen LogP contribution in [0.4, 0.5) is 0 Å². The van der Waals surface area contributed by atoms with Crippen LogP contribution in [0.15, 0.2) is 0 Å². The van der Waals surface area contributed by atoms with E-state index in [-0.39, 0.29) is 17.9 Å².